The van der Waals surface area contributed by atoms with E-state index in [0.717, 1.165) is 49.2 Å². The highest BCUT2D eigenvalue weighted by Crippen LogP contribution is 2.43. The topological polar surface area (TPSA) is 88.4 Å². The summed E-state index contributed by atoms with van der Waals surface area (Å²) in [5, 5.41) is 9.47. The van der Waals surface area contributed by atoms with Gasteiger partial charge in [-0.25, -0.2) is 9.97 Å². The molecule has 0 radical (unpaired) electrons. The van der Waals surface area contributed by atoms with Gasteiger partial charge in [-0.05, 0) is 50.5 Å². The Morgan fingerprint density at radius 1 is 1.29 bits per heavy atom. The summed E-state index contributed by atoms with van der Waals surface area (Å²) in [4.78, 5) is 28.7. The minimum absolute atomic E-state index is 0.188. The number of aryl methyl sites for hydroxylation is 1. The van der Waals surface area contributed by atoms with Crippen molar-refractivity contribution in [2.24, 2.45) is 5.41 Å². The van der Waals surface area contributed by atoms with E-state index in [9.17, 15) is 9.90 Å². The minimum atomic E-state index is -0.548. The molecule has 1 fully saturated rings. The number of aliphatic hydroxyl groups is 1. The van der Waals surface area contributed by atoms with Crippen LogP contribution in [0.5, 0.6) is 5.75 Å². The highest BCUT2D eigenvalue weighted by atomic mass is 16.5. The standard InChI is InChI=1S/C24H32N4O3/c1-16(29)15-31-18-8-11-25-21(12-18)22-26-20-7-4-6-19(20)23(27-22)28(3)14-17(30)13-24(2)9-5-10-24/h8,11-12,16,29H,4-7,9-10,13-15H2,1-3H3/t16-/m1/s1. The number of hydrogen-bond donors (Lipinski definition) is 1. The molecule has 7 heteroatoms. The first-order valence-electron chi connectivity index (χ1n) is 11.2. The number of fused-ring (bicyclic) bond motifs is 1. The van der Waals surface area contributed by atoms with Crippen LogP contribution in [0.3, 0.4) is 0 Å². The molecular formula is C24H32N4O3. The molecule has 2 aromatic heterocycles. The quantitative estimate of drug-likeness (QED) is 0.660. The molecule has 2 aliphatic rings. The summed E-state index contributed by atoms with van der Waals surface area (Å²) in [5.41, 5.74) is 3.01. The van der Waals surface area contributed by atoms with E-state index in [-0.39, 0.29) is 17.8 Å². The molecule has 0 amide bonds. The van der Waals surface area contributed by atoms with Crippen molar-refractivity contribution >= 4 is 11.6 Å². The number of carbonyl (C=O) groups excluding carboxylic acids is 1. The van der Waals surface area contributed by atoms with E-state index < -0.39 is 6.10 Å². The van der Waals surface area contributed by atoms with Gasteiger partial charge in [-0.1, -0.05) is 13.3 Å². The monoisotopic (exact) mass is 424 g/mol. The lowest BCUT2D eigenvalue weighted by atomic mass is 9.67. The van der Waals surface area contributed by atoms with Gasteiger partial charge < -0.3 is 14.7 Å². The van der Waals surface area contributed by atoms with Crippen molar-refractivity contribution in [3.8, 4) is 17.3 Å². The van der Waals surface area contributed by atoms with Crippen LogP contribution in [0.2, 0.25) is 0 Å². The van der Waals surface area contributed by atoms with Gasteiger partial charge in [0.1, 0.15) is 23.9 Å². The molecule has 0 bridgehead atoms. The summed E-state index contributed by atoms with van der Waals surface area (Å²) in [6.45, 7) is 4.47. The smallest absolute Gasteiger partial charge is 0.180 e. The van der Waals surface area contributed by atoms with E-state index in [1.807, 2.05) is 11.9 Å². The Balaban J connectivity index is 1.56. The Morgan fingerprint density at radius 2 is 2.10 bits per heavy atom. The molecule has 1 atom stereocenters. The van der Waals surface area contributed by atoms with Crippen LogP contribution >= 0.6 is 0 Å². The number of aliphatic hydroxyl groups excluding tert-OH is 1. The number of likely N-dealkylation sites (N-methyl/N-ethyl adjacent to an activating group) is 1. The molecule has 2 aliphatic carbocycles. The predicted molar refractivity (Wildman–Crippen MR) is 119 cm³/mol. The molecule has 4 rings (SSSR count). The number of nitrogens with zero attached hydrogens (tertiary/aromatic N) is 4. The Labute approximate surface area is 183 Å². The molecule has 7 nitrogen and oxygen atoms in total. The summed E-state index contributed by atoms with van der Waals surface area (Å²) in [7, 11) is 1.95. The lowest BCUT2D eigenvalue weighted by molar-refractivity contribution is -0.121. The third-order valence-corrected chi connectivity index (χ3v) is 6.32. The third kappa shape index (κ3) is 5.03. The molecular weight excluding hydrogens is 392 g/mol. The van der Waals surface area contributed by atoms with Gasteiger partial charge in [-0.15, -0.1) is 0 Å². The molecule has 0 saturated heterocycles. The average Bonchev–Trinajstić information content (AvgIpc) is 3.19. The van der Waals surface area contributed by atoms with E-state index in [1.165, 1.54) is 6.42 Å². The van der Waals surface area contributed by atoms with Crippen LogP contribution in [0, 0.1) is 5.41 Å². The van der Waals surface area contributed by atoms with Gasteiger partial charge in [0.15, 0.2) is 11.6 Å². The number of aromatic nitrogens is 3. The van der Waals surface area contributed by atoms with Crippen molar-refractivity contribution in [1.82, 2.24) is 15.0 Å². The Kier molecular flexibility index (Phi) is 6.23. The molecule has 2 heterocycles. The van der Waals surface area contributed by atoms with Crippen LogP contribution in [-0.4, -0.2) is 52.1 Å². The second-order valence-electron chi connectivity index (χ2n) is 9.42. The van der Waals surface area contributed by atoms with E-state index in [2.05, 4.69) is 11.9 Å². The number of carbonyl (C=O) groups is 1. The van der Waals surface area contributed by atoms with Gasteiger partial charge in [-0.2, -0.15) is 0 Å². The summed E-state index contributed by atoms with van der Waals surface area (Å²) >= 11 is 0. The molecule has 2 aromatic rings. The fourth-order valence-electron chi connectivity index (χ4n) is 4.51. The molecule has 31 heavy (non-hydrogen) atoms. The number of ketones is 1. The molecule has 0 aromatic carbocycles. The lowest BCUT2D eigenvalue weighted by Crippen LogP contribution is -2.34. The first kappa shape index (κ1) is 21.7. The van der Waals surface area contributed by atoms with Crippen molar-refractivity contribution in [3.63, 3.8) is 0 Å². The Bertz CT molecular complexity index is 956. The largest absolute Gasteiger partial charge is 0.491 e. The highest BCUT2D eigenvalue weighted by molar-refractivity contribution is 5.84. The molecule has 0 aliphatic heterocycles. The molecule has 1 N–H and O–H groups in total. The van der Waals surface area contributed by atoms with Crippen LogP contribution in [0.15, 0.2) is 18.3 Å². The van der Waals surface area contributed by atoms with Gasteiger partial charge in [0.25, 0.3) is 0 Å². The van der Waals surface area contributed by atoms with E-state index in [1.54, 1.807) is 25.3 Å². The van der Waals surface area contributed by atoms with E-state index in [4.69, 9.17) is 14.7 Å². The van der Waals surface area contributed by atoms with Crippen molar-refractivity contribution in [3.05, 3.63) is 29.6 Å². The van der Waals surface area contributed by atoms with Crippen LogP contribution in [-0.2, 0) is 17.6 Å². The van der Waals surface area contributed by atoms with Gasteiger partial charge in [-0.3, -0.25) is 9.78 Å². The number of pyridine rings is 1. The zero-order valence-electron chi connectivity index (χ0n) is 18.7. The normalized spacial score (nSPS) is 17.5. The van der Waals surface area contributed by atoms with Crippen LogP contribution in [0.4, 0.5) is 5.82 Å². The number of ether oxygens (including phenoxy) is 1. The fourth-order valence-corrected chi connectivity index (χ4v) is 4.51. The molecule has 0 spiro atoms. The summed E-state index contributed by atoms with van der Waals surface area (Å²) in [6, 6.07) is 3.55. The van der Waals surface area contributed by atoms with Gasteiger partial charge in [0, 0.05) is 37.0 Å². The SMILES string of the molecule is C[C@@H](O)COc1ccnc(-c2nc3c(c(N(C)CC(=O)CC4(C)CCC4)n2)CCC3)c1. The first-order chi connectivity index (χ1) is 14.8. The van der Waals surface area contributed by atoms with Crippen LogP contribution < -0.4 is 9.64 Å². The predicted octanol–water partition coefficient (Wildman–Crippen LogP) is 3.37. The zero-order chi connectivity index (χ0) is 22.0. The first-order valence-corrected chi connectivity index (χ1v) is 11.2. The summed E-state index contributed by atoms with van der Waals surface area (Å²) in [6.07, 6.45) is 8.18. The van der Waals surface area contributed by atoms with Gasteiger partial charge in [0.2, 0.25) is 0 Å². The Morgan fingerprint density at radius 3 is 2.81 bits per heavy atom. The van der Waals surface area contributed by atoms with Crippen LogP contribution in [0.25, 0.3) is 11.5 Å². The maximum absolute atomic E-state index is 12.7. The van der Waals surface area contributed by atoms with Gasteiger partial charge >= 0.3 is 0 Å². The molecule has 1 saturated carbocycles. The van der Waals surface area contributed by atoms with Crippen molar-refractivity contribution in [2.75, 3.05) is 25.1 Å². The number of Topliss-reactive ketones (excluding diaryl/α,β-unsaturated/α-hetero) is 1. The highest BCUT2D eigenvalue weighted by Gasteiger charge is 2.34. The fraction of sp³-hybridized carbons (Fsp3) is 0.583. The van der Waals surface area contributed by atoms with Crippen molar-refractivity contribution in [2.45, 2.75) is 64.9 Å². The zero-order valence-corrected chi connectivity index (χ0v) is 18.7. The maximum Gasteiger partial charge on any atom is 0.180 e. The van der Waals surface area contributed by atoms with Gasteiger partial charge in [0.05, 0.1) is 12.6 Å². The number of anilines is 1. The number of hydrogen-bond acceptors (Lipinski definition) is 7. The lowest BCUT2D eigenvalue weighted by Gasteiger charge is -2.38. The van der Waals surface area contributed by atoms with Crippen molar-refractivity contribution < 1.29 is 14.6 Å². The molecule has 166 valence electrons. The number of rotatable bonds is 9. The second-order valence-corrected chi connectivity index (χ2v) is 9.42. The van der Waals surface area contributed by atoms with Crippen LogP contribution in [0.1, 0.15) is 57.2 Å². The maximum atomic E-state index is 12.7. The van der Waals surface area contributed by atoms with Crippen molar-refractivity contribution in [1.29, 1.82) is 0 Å². The summed E-state index contributed by atoms with van der Waals surface area (Å²) < 4.78 is 5.61. The van der Waals surface area contributed by atoms with E-state index in [0.29, 0.717) is 30.2 Å². The molecule has 0 unspecified atom stereocenters. The third-order valence-electron chi connectivity index (χ3n) is 6.32. The van der Waals surface area contributed by atoms with E-state index >= 15 is 0 Å². The summed E-state index contributed by atoms with van der Waals surface area (Å²) in [5.74, 6) is 2.27. The Hall–Kier alpha value is -2.54. The average molecular weight is 425 g/mol. The second kappa shape index (κ2) is 8.91. The minimum Gasteiger partial charge on any atom is -0.491 e.